The monoisotopic (exact) mass is 695 g/mol. The number of ether oxygens (including phenoxy) is 3. The Balaban J connectivity index is 0.000000316. The fraction of sp³-hybridized carbons (Fsp3) is 0.212. The van der Waals surface area contributed by atoms with E-state index in [-0.39, 0.29) is 6.61 Å². The van der Waals surface area contributed by atoms with Crippen molar-refractivity contribution in [3.63, 3.8) is 0 Å². The van der Waals surface area contributed by atoms with Gasteiger partial charge in [-0.3, -0.25) is 4.72 Å². The SMILES string of the molecule is CC(C)S(=O)(=O)Nc1ccsc1-c1ccc(-c2cc(OCC(=O)O)ccc2C#N)cc1.CCOC(=O)COc1ccc(C#N)c(Cl)c1. The summed E-state index contributed by atoms with van der Waals surface area (Å²) in [7, 11) is -3.46. The largest absolute Gasteiger partial charge is 0.482 e. The molecule has 0 bridgehead atoms. The van der Waals surface area contributed by atoms with Crippen LogP contribution in [0.1, 0.15) is 31.9 Å². The minimum Gasteiger partial charge on any atom is -0.482 e. The van der Waals surface area contributed by atoms with Crippen molar-refractivity contribution < 1.29 is 37.3 Å². The van der Waals surface area contributed by atoms with Crippen molar-refractivity contribution in [2.75, 3.05) is 24.5 Å². The van der Waals surface area contributed by atoms with Crippen LogP contribution in [-0.4, -0.2) is 50.5 Å². The molecule has 0 spiro atoms. The number of hydrogen-bond acceptors (Lipinski definition) is 10. The molecule has 4 rings (SSSR count). The lowest BCUT2D eigenvalue weighted by Gasteiger charge is -2.12. The Morgan fingerprint density at radius 3 is 2.09 bits per heavy atom. The number of carbonyl (C=O) groups is 2. The zero-order chi connectivity index (χ0) is 34.6. The molecule has 0 aliphatic carbocycles. The zero-order valence-corrected chi connectivity index (χ0v) is 27.9. The van der Waals surface area contributed by atoms with Gasteiger partial charge >= 0.3 is 11.9 Å². The van der Waals surface area contributed by atoms with Gasteiger partial charge in [-0.25, -0.2) is 18.0 Å². The third-order valence-corrected chi connectivity index (χ3v) is 9.21. The lowest BCUT2D eigenvalue weighted by atomic mass is 9.98. The molecule has 0 fully saturated rings. The molecule has 4 aromatic rings. The number of anilines is 1. The molecule has 0 saturated carbocycles. The number of carbonyl (C=O) groups excluding carboxylic acids is 1. The molecule has 2 N–H and O–H groups in total. The van der Waals surface area contributed by atoms with Crippen LogP contribution in [0.4, 0.5) is 5.69 Å². The fourth-order valence-electron chi connectivity index (χ4n) is 3.80. The number of halogens is 1. The second kappa shape index (κ2) is 17.0. The molecule has 0 radical (unpaired) electrons. The highest BCUT2D eigenvalue weighted by molar-refractivity contribution is 7.93. The van der Waals surface area contributed by atoms with E-state index in [4.69, 9.17) is 31.4 Å². The highest BCUT2D eigenvalue weighted by atomic mass is 35.5. The summed E-state index contributed by atoms with van der Waals surface area (Å²) in [6, 6.07) is 22.5. The standard InChI is InChI=1S/C22H20N2O5S2.C11H10ClNO3/c1-14(2)31(27,28)24-20-9-10-30-22(20)16-5-3-15(4-6-16)19-11-18(29-13-21(25)26)8-7-17(19)12-23;1-2-15-11(14)7-16-9-4-3-8(6-13)10(12)5-9/h3-11,14,24H,13H2,1-2H3,(H,25,26);3-5H,2,7H2,1H3. The first-order chi connectivity index (χ1) is 22.4. The number of nitrogens with zero attached hydrogens (tertiary/aromatic N) is 2. The lowest BCUT2D eigenvalue weighted by molar-refractivity contribution is -0.145. The van der Waals surface area contributed by atoms with E-state index in [0.717, 1.165) is 16.0 Å². The maximum atomic E-state index is 12.2. The van der Waals surface area contributed by atoms with Crippen molar-refractivity contribution in [2.24, 2.45) is 0 Å². The first kappa shape index (κ1) is 36.4. The second-order valence-corrected chi connectivity index (χ2v) is 13.3. The van der Waals surface area contributed by atoms with Crippen LogP contribution in [0.5, 0.6) is 11.5 Å². The number of carboxylic acids is 1. The van der Waals surface area contributed by atoms with Gasteiger partial charge in [0.25, 0.3) is 0 Å². The van der Waals surface area contributed by atoms with Crippen LogP contribution in [0.2, 0.25) is 5.02 Å². The quantitative estimate of drug-likeness (QED) is 0.151. The van der Waals surface area contributed by atoms with Crippen LogP contribution in [0.15, 0.2) is 72.1 Å². The summed E-state index contributed by atoms with van der Waals surface area (Å²) in [5.41, 5.74) is 3.51. The number of esters is 1. The van der Waals surface area contributed by atoms with E-state index in [2.05, 4.69) is 15.5 Å². The molecular formula is C33H30ClN3O8S2. The molecular weight excluding hydrogens is 666 g/mol. The Morgan fingerprint density at radius 2 is 1.51 bits per heavy atom. The number of thiophene rings is 1. The van der Waals surface area contributed by atoms with Crippen molar-refractivity contribution >= 4 is 50.6 Å². The summed E-state index contributed by atoms with van der Waals surface area (Å²) in [6.07, 6.45) is 0. The van der Waals surface area contributed by atoms with Crippen LogP contribution >= 0.6 is 22.9 Å². The summed E-state index contributed by atoms with van der Waals surface area (Å²) in [4.78, 5) is 22.5. The van der Waals surface area contributed by atoms with Gasteiger partial charge < -0.3 is 19.3 Å². The number of nitriles is 2. The highest BCUT2D eigenvalue weighted by Crippen LogP contribution is 2.36. The summed E-state index contributed by atoms with van der Waals surface area (Å²) in [5.74, 6) is -0.751. The highest BCUT2D eigenvalue weighted by Gasteiger charge is 2.19. The predicted octanol–water partition coefficient (Wildman–Crippen LogP) is 6.72. The minimum atomic E-state index is -3.46. The topological polar surface area (TPSA) is 176 Å². The van der Waals surface area contributed by atoms with E-state index < -0.39 is 33.8 Å². The van der Waals surface area contributed by atoms with Gasteiger partial charge in [0.05, 0.1) is 44.6 Å². The van der Waals surface area contributed by atoms with E-state index in [0.29, 0.717) is 45.5 Å². The van der Waals surface area contributed by atoms with Crippen LogP contribution in [-0.2, 0) is 24.3 Å². The average Bonchev–Trinajstić information content (AvgIpc) is 3.50. The van der Waals surface area contributed by atoms with Gasteiger partial charge in [0.1, 0.15) is 17.6 Å². The van der Waals surface area contributed by atoms with Gasteiger partial charge in [0.15, 0.2) is 13.2 Å². The van der Waals surface area contributed by atoms with Crippen molar-refractivity contribution in [2.45, 2.75) is 26.0 Å². The molecule has 3 aromatic carbocycles. The summed E-state index contributed by atoms with van der Waals surface area (Å²) >= 11 is 7.21. The Morgan fingerprint density at radius 1 is 0.915 bits per heavy atom. The molecule has 47 heavy (non-hydrogen) atoms. The van der Waals surface area contributed by atoms with Crippen molar-refractivity contribution in [3.8, 4) is 45.2 Å². The zero-order valence-electron chi connectivity index (χ0n) is 25.5. The first-order valence-corrected chi connectivity index (χ1v) is 16.8. The van der Waals surface area contributed by atoms with Gasteiger partial charge in [-0.2, -0.15) is 10.5 Å². The maximum Gasteiger partial charge on any atom is 0.344 e. The number of nitrogens with one attached hydrogen (secondary N) is 1. The lowest BCUT2D eigenvalue weighted by Crippen LogP contribution is -2.22. The maximum absolute atomic E-state index is 12.2. The predicted molar refractivity (Wildman–Crippen MR) is 179 cm³/mol. The molecule has 1 aromatic heterocycles. The fourth-order valence-corrected chi connectivity index (χ4v) is 5.65. The first-order valence-electron chi connectivity index (χ1n) is 13.9. The van der Waals surface area contributed by atoms with Gasteiger partial charge in [0, 0.05) is 11.6 Å². The molecule has 0 amide bonds. The van der Waals surface area contributed by atoms with Gasteiger partial charge in [0.2, 0.25) is 10.0 Å². The number of rotatable bonds is 12. The number of carboxylic acid groups (broad SMARTS) is 1. The van der Waals surface area contributed by atoms with Crippen LogP contribution < -0.4 is 14.2 Å². The van der Waals surface area contributed by atoms with Crippen LogP contribution in [0.25, 0.3) is 21.6 Å². The molecule has 0 saturated heterocycles. The summed E-state index contributed by atoms with van der Waals surface area (Å²) in [5, 5.41) is 28.4. The average molecular weight is 696 g/mol. The number of aliphatic carboxylic acids is 1. The van der Waals surface area contributed by atoms with Crippen molar-refractivity contribution in [1.29, 1.82) is 10.5 Å². The normalized spacial score (nSPS) is 10.5. The summed E-state index contributed by atoms with van der Waals surface area (Å²) < 4.78 is 42.1. The van der Waals surface area contributed by atoms with Crippen molar-refractivity contribution in [3.05, 3.63) is 88.3 Å². The molecule has 244 valence electrons. The number of benzene rings is 3. The van der Waals surface area contributed by atoms with E-state index >= 15 is 0 Å². The van der Waals surface area contributed by atoms with Gasteiger partial charge in [-0.05, 0) is 73.7 Å². The Labute approximate surface area is 281 Å². The molecule has 1 heterocycles. The minimum absolute atomic E-state index is 0.171. The van der Waals surface area contributed by atoms with E-state index in [1.54, 1.807) is 51.1 Å². The molecule has 14 heteroatoms. The Bertz CT molecular complexity index is 1910. The molecule has 11 nitrogen and oxygen atoms in total. The van der Waals surface area contributed by atoms with E-state index in [1.807, 2.05) is 35.7 Å². The smallest absolute Gasteiger partial charge is 0.344 e. The Kier molecular flexibility index (Phi) is 13.2. The van der Waals surface area contributed by atoms with Crippen LogP contribution in [0, 0.1) is 22.7 Å². The van der Waals surface area contributed by atoms with Crippen LogP contribution in [0.3, 0.4) is 0 Å². The third-order valence-electron chi connectivity index (χ3n) is 6.19. The van der Waals surface area contributed by atoms with Gasteiger partial charge in [-0.15, -0.1) is 11.3 Å². The van der Waals surface area contributed by atoms with E-state index in [1.165, 1.54) is 23.5 Å². The molecule has 0 unspecified atom stereocenters. The number of sulfonamides is 1. The van der Waals surface area contributed by atoms with Crippen molar-refractivity contribution in [1.82, 2.24) is 0 Å². The summed E-state index contributed by atoms with van der Waals surface area (Å²) in [6.45, 7) is 4.62. The molecule has 0 aliphatic heterocycles. The molecule has 0 aliphatic rings. The van der Waals surface area contributed by atoms with Gasteiger partial charge in [-0.1, -0.05) is 35.9 Å². The third kappa shape index (κ3) is 10.5. The molecule has 0 atom stereocenters. The number of hydrogen-bond donors (Lipinski definition) is 2. The Hall–Kier alpha value is -5.08. The van der Waals surface area contributed by atoms with E-state index in [9.17, 15) is 23.3 Å². The second-order valence-electron chi connectivity index (χ2n) is 9.79.